The maximum absolute atomic E-state index is 4.77. The maximum Gasteiger partial charge on any atom is 0.0928 e. The van der Waals surface area contributed by atoms with Crippen LogP contribution in [0.3, 0.4) is 0 Å². The molecule has 1 nitrogen and oxygen atoms in total. The predicted molar refractivity (Wildman–Crippen MR) is 55.4 cm³/mol. The fourth-order valence-electron chi connectivity index (χ4n) is 2.76. The summed E-state index contributed by atoms with van der Waals surface area (Å²) in [5.74, 6) is 1.72. The smallest absolute Gasteiger partial charge is 0.0928 e. The van der Waals surface area contributed by atoms with Crippen molar-refractivity contribution in [1.82, 2.24) is 4.98 Å². The van der Waals surface area contributed by atoms with Gasteiger partial charge in [-0.05, 0) is 38.0 Å². The van der Waals surface area contributed by atoms with E-state index in [1.165, 1.54) is 36.4 Å². The van der Waals surface area contributed by atoms with E-state index in [1.54, 1.807) is 4.88 Å². The Hall–Kier alpha value is -0.370. The fourth-order valence-corrected chi connectivity index (χ4v) is 4.02. The van der Waals surface area contributed by atoms with Crippen molar-refractivity contribution in [1.29, 1.82) is 0 Å². The second-order valence-electron chi connectivity index (χ2n) is 4.26. The molecule has 1 aromatic heterocycles. The van der Waals surface area contributed by atoms with E-state index < -0.39 is 0 Å². The zero-order valence-corrected chi connectivity index (χ0v) is 8.86. The average molecular weight is 193 g/mol. The highest BCUT2D eigenvalue weighted by atomic mass is 32.1. The summed E-state index contributed by atoms with van der Waals surface area (Å²) in [6, 6.07) is 0. The Kier molecular flexibility index (Phi) is 1.72. The number of hydrogen-bond donors (Lipinski definition) is 0. The van der Waals surface area contributed by atoms with E-state index >= 15 is 0 Å². The number of thiazole rings is 1. The third-order valence-electron chi connectivity index (χ3n) is 3.51. The first-order valence-corrected chi connectivity index (χ1v) is 6.19. The van der Waals surface area contributed by atoms with Crippen LogP contribution in [0.2, 0.25) is 0 Å². The molecule has 2 heteroatoms. The molecule has 3 aliphatic rings. The molecule has 1 heterocycles. The molecule has 1 saturated carbocycles. The first-order valence-electron chi connectivity index (χ1n) is 5.38. The van der Waals surface area contributed by atoms with Crippen molar-refractivity contribution >= 4 is 11.3 Å². The van der Waals surface area contributed by atoms with Crippen LogP contribution in [0.1, 0.15) is 60.0 Å². The minimum absolute atomic E-state index is 0.830. The van der Waals surface area contributed by atoms with Crippen molar-refractivity contribution in [3.05, 3.63) is 15.6 Å². The van der Waals surface area contributed by atoms with Gasteiger partial charge < -0.3 is 0 Å². The molecular formula is C11H15NS. The van der Waals surface area contributed by atoms with Crippen LogP contribution in [0, 0.1) is 0 Å². The number of aromatic nitrogens is 1. The second kappa shape index (κ2) is 2.81. The van der Waals surface area contributed by atoms with Gasteiger partial charge in [0.05, 0.1) is 10.7 Å². The van der Waals surface area contributed by atoms with Gasteiger partial charge in [0, 0.05) is 10.8 Å². The van der Waals surface area contributed by atoms with Gasteiger partial charge in [0.1, 0.15) is 0 Å². The lowest BCUT2D eigenvalue weighted by Gasteiger charge is -2.34. The number of nitrogens with zero attached hydrogens (tertiary/aromatic N) is 1. The summed E-state index contributed by atoms with van der Waals surface area (Å²) < 4.78 is 0. The zero-order chi connectivity index (χ0) is 8.84. The minimum Gasteiger partial charge on any atom is -0.246 e. The fraction of sp³-hybridized carbons (Fsp3) is 0.727. The molecule has 0 unspecified atom stereocenters. The van der Waals surface area contributed by atoms with E-state index in [1.807, 2.05) is 11.3 Å². The summed E-state index contributed by atoms with van der Waals surface area (Å²) in [5, 5.41) is 1.36. The molecule has 70 valence electrons. The second-order valence-corrected chi connectivity index (χ2v) is 5.37. The van der Waals surface area contributed by atoms with E-state index in [4.69, 9.17) is 4.98 Å². The lowest BCUT2D eigenvalue weighted by atomic mass is 9.73. The summed E-state index contributed by atoms with van der Waals surface area (Å²) in [4.78, 5) is 6.42. The topological polar surface area (TPSA) is 12.9 Å². The van der Waals surface area contributed by atoms with Gasteiger partial charge in [-0.1, -0.05) is 6.92 Å². The number of hydrogen-bond acceptors (Lipinski definition) is 2. The molecule has 0 atom stereocenters. The summed E-state index contributed by atoms with van der Waals surface area (Å²) in [7, 11) is 0. The van der Waals surface area contributed by atoms with Gasteiger partial charge in [0.15, 0.2) is 0 Å². The minimum atomic E-state index is 0.830. The molecule has 0 saturated heterocycles. The lowest BCUT2D eigenvalue weighted by molar-refractivity contribution is 0.358. The van der Waals surface area contributed by atoms with Gasteiger partial charge >= 0.3 is 0 Å². The number of fused-ring (bicyclic) bond motifs is 2. The summed E-state index contributed by atoms with van der Waals surface area (Å²) >= 11 is 1.99. The molecule has 2 bridgehead atoms. The van der Waals surface area contributed by atoms with Gasteiger partial charge in [-0.3, -0.25) is 0 Å². The van der Waals surface area contributed by atoms with Crippen LogP contribution in [-0.2, 0) is 6.42 Å². The maximum atomic E-state index is 4.77. The summed E-state index contributed by atoms with van der Waals surface area (Å²) in [6.07, 6.45) is 6.80. The van der Waals surface area contributed by atoms with Crippen LogP contribution < -0.4 is 0 Å². The van der Waals surface area contributed by atoms with Crippen molar-refractivity contribution in [2.45, 2.75) is 50.9 Å². The Morgan fingerprint density at radius 3 is 2.54 bits per heavy atom. The van der Waals surface area contributed by atoms with E-state index in [-0.39, 0.29) is 0 Å². The van der Waals surface area contributed by atoms with E-state index in [9.17, 15) is 0 Å². The van der Waals surface area contributed by atoms with Crippen molar-refractivity contribution in [2.24, 2.45) is 0 Å². The van der Waals surface area contributed by atoms with Gasteiger partial charge in [-0.2, -0.15) is 0 Å². The average Bonchev–Trinajstić information content (AvgIpc) is 2.64. The third kappa shape index (κ3) is 1.08. The zero-order valence-electron chi connectivity index (χ0n) is 8.05. The van der Waals surface area contributed by atoms with Crippen LogP contribution in [-0.4, -0.2) is 4.98 Å². The SMILES string of the molecule is CCc1nc2c(s1)C1CCC2CC1. The quantitative estimate of drug-likeness (QED) is 0.665. The molecule has 0 aromatic carbocycles. The number of aryl methyl sites for hydroxylation is 1. The lowest BCUT2D eigenvalue weighted by Crippen LogP contribution is -2.20. The normalized spacial score (nSPS) is 30.5. The largest absolute Gasteiger partial charge is 0.246 e. The van der Waals surface area contributed by atoms with Crippen molar-refractivity contribution in [3.8, 4) is 0 Å². The molecule has 0 radical (unpaired) electrons. The van der Waals surface area contributed by atoms with E-state index in [2.05, 4.69) is 6.92 Å². The Morgan fingerprint density at radius 1 is 1.23 bits per heavy atom. The highest BCUT2D eigenvalue weighted by Gasteiger charge is 2.35. The predicted octanol–water partition coefficient (Wildman–Crippen LogP) is 3.46. The molecule has 0 N–H and O–H groups in total. The highest BCUT2D eigenvalue weighted by molar-refractivity contribution is 7.11. The standard InChI is InChI=1S/C11H15NS/c1-2-9-12-10-7-3-5-8(6-4-7)11(10)13-9/h7-8H,2-6H2,1H3. The van der Waals surface area contributed by atoms with Crippen molar-refractivity contribution in [3.63, 3.8) is 0 Å². The van der Waals surface area contributed by atoms with E-state index in [0.29, 0.717) is 0 Å². The Bertz CT molecular complexity index is 291. The third-order valence-corrected chi connectivity index (χ3v) is 4.89. The molecule has 4 rings (SSSR count). The molecule has 0 aliphatic heterocycles. The van der Waals surface area contributed by atoms with Gasteiger partial charge in [-0.15, -0.1) is 11.3 Å². The van der Waals surface area contributed by atoms with Crippen molar-refractivity contribution < 1.29 is 0 Å². The van der Waals surface area contributed by atoms with Crippen LogP contribution in [0.15, 0.2) is 0 Å². The first-order chi connectivity index (χ1) is 6.38. The molecule has 1 aromatic rings. The molecule has 0 amide bonds. The molecular weight excluding hydrogens is 178 g/mol. The Labute approximate surface area is 83.2 Å². The monoisotopic (exact) mass is 193 g/mol. The highest BCUT2D eigenvalue weighted by Crippen LogP contribution is 2.50. The first kappa shape index (κ1) is 7.98. The van der Waals surface area contributed by atoms with Gasteiger partial charge in [0.25, 0.3) is 0 Å². The molecule has 3 aliphatic carbocycles. The Morgan fingerprint density at radius 2 is 1.92 bits per heavy atom. The molecule has 13 heavy (non-hydrogen) atoms. The number of rotatable bonds is 1. The molecule has 1 fully saturated rings. The van der Waals surface area contributed by atoms with Gasteiger partial charge in [-0.25, -0.2) is 4.98 Å². The van der Waals surface area contributed by atoms with Crippen molar-refractivity contribution in [2.75, 3.05) is 0 Å². The summed E-state index contributed by atoms with van der Waals surface area (Å²) in [5.41, 5.74) is 1.49. The van der Waals surface area contributed by atoms with Crippen LogP contribution in [0.4, 0.5) is 0 Å². The van der Waals surface area contributed by atoms with E-state index in [0.717, 1.165) is 18.3 Å². The summed E-state index contributed by atoms with van der Waals surface area (Å²) in [6.45, 7) is 2.21. The van der Waals surface area contributed by atoms with Gasteiger partial charge in [0.2, 0.25) is 0 Å². The van der Waals surface area contributed by atoms with Crippen LogP contribution >= 0.6 is 11.3 Å². The Balaban J connectivity index is 2.10. The molecule has 0 spiro atoms. The van der Waals surface area contributed by atoms with Crippen LogP contribution in [0.5, 0.6) is 0 Å². The van der Waals surface area contributed by atoms with Crippen LogP contribution in [0.25, 0.3) is 0 Å².